The van der Waals surface area contributed by atoms with Crippen molar-refractivity contribution in [3.63, 3.8) is 0 Å². The number of ether oxygens (including phenoxy) is 1. The summed E-state index contributed by atoms with van der Waals surface area (Å²) in [4.78, 5) is 4.48. The Kier molecular flexibility index (Phi) is 5.42. The highest BCUT2D eigenvalue weighted by Gasteiger charge is 2.22. The summed E-state index contributed by atoms with van der Waals surface area (Å²) in [6.07, 6.45) is 0.188. The van der Waals surface area contributed by atoms with Crippen molar-refractivity contribution >= 4 is 0 Å². The molecule has 0 spiro atoms. The van der Waals surface area contributed by atoms with Gasteiger partial charge in [0.25, 0.3) is 0 Å². The van der Waals surface area contributed by atoms with Crippen LogP contribution in [-0.2, 0) is 12.0 Å². The van der Waals surface area contributed by atoms with Crippen LogP contribution in [0.25, 0.3) is 0 Å². The minimum Gasteiger partial charge on any atom is -0.491 e. The molecule has 0 bridgehead atoms. The number of hydrogen-bond acceptors (Lipinski definition) is 5. The van der Waals surface area contributed by atoms with Gasteiger partial charge >= 0.3 is 0 Å². The van der Waals surface area contributed by atoms with Gasteiger partial charge in [-0.05, 0) is 38.5 Å². The normalized spacial score (nSPS) is 13.3. The third kappa shape index (κ3) is 5.06. The van der Waals surface area contributed by atoms with Crippen LogP contribution in [0.2, 0.25) is 0 Å². The Morgan fingerprint density at radius 3 is 2.30 bits per heavy atom. The predicted octanol–water partition coefficient (Wildman–Crippen LogP) is 4.01. The molecular weight excluding hydrogens is 290 g/mol. The zero-order chi connectivity index (χ0) is 17.0. The summed E-state index contributed by atoms with van der Waals surface area (Å²) in [6.45, 7) is 13.0. The highest BCUT2D eigenvalue weighted by Crippen LogP contribution is 2.21. The second-order valence-electron chi connectivity index (χ2n) is 7.12. The van der Waals surface area contributed by atoms with E-state index in [-0.39, 0.29) is 17.6 Å². The van der Waals surface area contributed by atoms with Crippen molar-refractivity contribution in [3.05, 3.63) is 41.5 Å². The molecule has 2 rings (SSSR count). The number of hydrogen-bond donors (Lipinski definition) is 1. The van der Waals surface area contributed by atoms with E-state index in [9.17, 15) is 0 Å². The fraction of sp³-hybridized carbons (Fsp3) is 0.556. The zero-order valence-electron chi connectivity index (χ0n) is 14.9. The van der Waals surface area contributed by atoms with Gasteiger partial charge in [-0.2, -0.15) is 4.98 Å². The maximum atomic E-state index is 5.65. The van der Waals surface area contributed by atoms with Crippen molar-refractivity contribution in [2.75, 3.05) is 0 Å². The van der Waals surface area contributed by atoms with Gasteiger partial charge < -0.3 is 14.6 Å². The first-order valence-corrected chi connectivity index (χ1v) is 8.09. The molecular formula is C18H27N3O2. The Morgan fingerprint density at radius 1 is 1.13 bits per heavy atom. The Bertz CT molecular complexity index is 612. The van der Waals surface area contributed by atoms with Crippen molar-refractivity contribution in [1.29, 1.82) is 0 Å². The van der Waals surface area contributed by atoms with Crippen molar-refractivity contribution in [3.8, 4) is 5.75 Å². The summed E-state index contributed by atoms with van der Waals surface area (Å²) < 4.78 is 11.0. The molecule has 5 nitrogen and oxygen atoms in total. The molecule has 1 unspecified atom stereocenters. The Balaban J connectivity index is 1.91. The average Bonchev–Trinajstić information content (AvgIpc) is 2.95. The summed E-state index contributed by atoms with van der Waals surface area (Å²) in [6, 6.07) is 8.11. The molecule has 0 saturated carbocycles. The van der Waals surface area contributed by atoms with Crippen LogP contribution < -0.4 is 10.1 Å². The van der Waals surface area contributed by atoms with Crippen molar-refractivity contribution in [1.82, 2.24) is 15.5 Å². The van der Waals surface area contributed by atoms with Crippen LogP contribution in [0.1, 0.15) is 64.9 Å². The van der Waals surface area contributed by atoms with Gasteiger partial charge in [-0.3, -0.25) is 0 Å². The van der Waals surface area contributed by atoms with Crippen molar-refractivity contribution in [2.24, 2.45) is 0 Å². The van der Waals surface area contributed by atoms with Crippen LogP contribution in [0.4, 0.5) is 0 Å². The Hall–Kier alpha value is -1.88. The van der Waals surface area contributed by atoms with Crippen LogP contribution in [0.15, 0.2) is 28.8 Å². The van der Waals surface area contributed by atoms with Crippen LogP contribution in [-0.4, -0.2) is 16.2 Å². The summed E-state index contributed by atoms with van der Waals surface area (Å²) in [7, 11) is 0. The first-order valence-electron chi connectivity index (χ1n) is 8.09. The fourth-order valence-corrected chi connectivity index (χ4v) is 2.03. The molecule has 1 aromatic carbocycles. The van der Waals surface area contributed by atoms with Gasteiger partial charge in [-0.25, -0.2) is 0 Å². The molecule has 23 heavy (non-hydrogen) atoms. The number of aromatic nitrogens is 2. The van der Waals surface area contributed by atoms with Gasteiger partial charge in [0, 0.05) is 12.0 Å². The van der Waals surface area contributed by atoms with Crippen molar-refractivity contribution in [2.45, 2.75) is 65.6 Å². The average molecular weight is 317 g/mol. The van der Waals surface area contributed by atoms with Gasteiger partial charge in [-0.15, -0.1) is 0 Å². The third-order valence-electron chi connectivity index (χ3n) is 3.39. The number of benzene rings is 1. The standard InChI is InChI=1S/C18H27N3O2/c1-12(2)22-15-9-7-14(8-10-15)11-19-13(3)16-20-17(21-23-16)18(4,5)6/h7-10,12-13,19H,11H2,1-6H3. The molecule has 0 radical (unpaired) electrons. The smallest absolute Gasteiger partial charge is 0.243 e. The number of rotatable bonds is 6. The highest BCUT2D eigenvalue weighted by molar-refractivity contribution is 5.27. The molecule has 0 aliphatic carbocycles. The molecule has 0 amide bonds. The highest BCUT2D eigenvalue weighted by atomic mass is 16.5. The first kappa shape index (κ1) is 17.5. The SMILES string of the molecule is CC(C)Oc1ccc(CNC(C)c2nc(C(C)(C)C)no2)cc1. The molecule has 126 valence electrons. The van der Waals surface area contributed by atoms with E-state index in [1.54, 1.807) is 0 Å². The van der Waals surface area contributed by atoms with Crippen LogP contribution in [0.5, 0.6) is 5.75 Å². The van der Waals surface area contributed by atoms with E-state index in [1.165, 1.54) is 5.56 Å². The molecule has 1 aromatic heterocycles. The topological polar surface area (TPSA) is 60.2 Å². The number of nitrogens with one attached hydrogen (secondary N) is 1. The minimum absolute atomic E-state index is 0.00481. The molecule has 5 heteroatoms. The summed E-state index contributed by atoms with van der Waals surface area (Å²) in [5, 5.41) is 7.46. The monoisotopic (exact) mass is 317 g/mol. The van der Waals surface area contributed by atoms with E-state index in [0.29, 0.717) is 5.89 Å². The van der Waals surface area contributed by atoms with Crippen LogP contribution in [0.3, 0.4) is 0 Å². The van der Waals surface area contributed by atoms with E-state index in [1.807, 2.05) is 32.9 Å². The summed E-state index contributed by atoms with van der Waals surface area (Å²) >= 11 is 0. The van der Waals surface area contributed by atoms with Gasteiger partial charge in [0.05, 0.1) is 12.1 Å². The Morgan fingerprint density at radius 2 is 1.78 bits per heavy atom. The second-order valence-corrected chi connectivity index (χ2v) is 7.12. The lowest BCUT2D eigenvalue weighted by Crippen LogP contribution is -2.19. The fourth-order valence-electron chi connectivity index (χ4n) is 2.03. The molecule has 0 aliphatic heterocycles. The van der Waals surface area contributed by atoms with Gasteiger partial charge in [-0.1, -0.05) is 38.1 Å². The molecule has 1 N–H and O–H groups in total. The van der Waals surface area contributed by atoms with Crippen LogP contribution >= 0.6 is 0 Å². The molecule has 0 saturated heterocycles. The molecule has 2 aromatic rings. The van der Waals surface area contributed by atoms with E-state index in [0.717, 1.165) is 18.1 Å². The number of nitrogens with zero attached hydrogens (tertiary/aromatic N) is 2. The summed E-state index contributed by atoms with van der Waals surface area (Å²) in [5.41, 5.74) is 1.08. The minimum atomic E-state index is -0.103. The molecule has 1 atom stereocenters. The molecule has 0 aliphatic rings. The molecule has 1 heterocycles. The lowest BCUT2D eigenvalue weighted by atomic mass is 9.96. The first-order chi connectivity index (χ1) is 10.8. The van der Waals surface area contributed by atoms with Crippen LogP contribution in [0, 0.1) is 0 Å². The van der Waals surface area contributed by atoms with Crippen molar-refractivity contribution < 1.29 is 9.26 Å². The lowest BCUT2D eigenvalue weighted by Gasteiger charge is -2.12. The Labute approximate surface area is 138 Å². The molecule has 0 fully saturated rings. The largest absolute Gasteiger partial charge is 0.491 e. The van der Waals surface area contributed by atoms with Gasteiger partial charge in [0.15, 0.2) is 5.82 Å². The van der Waals surface area contributed by atoms with E-state index >= 15 is 0 Å². The van der Waals surface area contributed by atoms with E-state index in [2.05, 4.69) is 48.4 Å². The lowest BCUT2D eigenvalue weighted by molar-refractivity contribution is 0.242. The van der Waals surface area contributed by atoms with Gasteiger partial charge in [0.1, 0.15) is 5.75 Å². The third-order valence-corrected chi connectivity index (χ3v) is 3.39. The predicted molar refractivity (Wildman–Crippen MR) is 90.5 cm³/mol. The summed E-state index contributed by atoms with van der Waals surface area (Å²) in [5.74, 6) is 2.24. The quantitative estimate of drug-likeness (QED) is 0.872. The maximum Gasteiger partial charge on any atom is 0.243 e. The van der Waals surface area contributed by atoms with Gasteiger partial charge in [0.2, 0.25) is 5.89 Å². The maximum absolute atomic E-state index is 5.65. The van der Waals surface area contributed by atoms with E-state index < -0.39 is 0 Å². The zero-order valence-corrected chi connectivity index (χ0v) is 14.9. The second kappa shape index (κ2) is 7.13. The van der Waals surface area contributed by atoms with E-state index in [4.69, 9.17) is 9.26 Å².